The van der Waals surface area contributed by atoms with Crippen molar-refractivity contribution in [2.75, 3.05) is 11.9 Å². The van der Waals surface area contributed by atoms with Crippen molar-refractivity contribution in [1.29, 1.82) is 0 Å². The lowest BCUT2D eigenvalue weighted by atomic mass is 10.1. The van der Waals surface area contributed by atoms with Gasteiger partial charge in [0.25, 0.3) is 0 Å². The molecule has 0 fully saturated rings. The highest BCUT2D eigenvalue weighted by Crippen LogP contribution is 2.34. The first-order chi connectivity index (χ1) is 12.6. The van der Waals surface area contributed by atoms with Crippen molar-refractivity contribution in [3.63, 3.8) is 0 Å². The van der Waals surface area contributed by atoms with Gasteiger partial charge in [-0.25, -0.2) is 9.18 Å². The third-order valence-corrected chi connectivity index (χ3v) is 4.81. The molecule has 0 bridgehead atoms. The molecular weight excluding hydrogens is 448 g/mol. The van der Waals surface area contributed by atoms with Crippen molar-refractivity contribution in [2.45, 2.75) is 25.9 Å². The molecule has 1 N–H and O–H groups in total. The number of rotatable bonds is 5. The third kappa shape index (κ3) is 3.46. The molecule has 1 unspecified atom stereocenters. The maximum absolute atomic E-state index is 14.4. The van der Waals surface area contributed by atoms with Crippen molar-refractivity contribution >= 4 is 45.2 Å². The Hall–Kier alpha value is -2.34. The summed E-state index contributed by atoms with van der Waals surface area (Å²) in [6, 6.07) is 1.21. The largest absolute Gasteiger partial charge is 0.461 e. The number of hydrogen-bond acceptors (Lipinski definition) is 4. The minimum atomic E-state index is -0.563. The number of fused-ring (bicyclic) bond motifs is 1. The maximum atomic E-state index is 14.4. The lowest BCUT2D eigenvalue weighted by Crippen LogP contribution is -2.23. The molecule has 0 saturated carbocycles. The second-order valence-electron chi connectivity index (χ2n) is 5.68. The van der Waals surface area contributed by atoms with Crippen LogP contribution >= 0.6 is 22.6 Å². The normalized spacial score (nSPS) is 16.6. The number of esters is 1. The number of halogens is 2. The summed E-state index contributed by atoms with van der Waals surface area (Å²) in [5.41, 5.74) is 1.51. The van der Waals surface area contributed by atoms with E-state index in [1.807, 2.05) is 6.08 Å². The van der Waals surface area contributed by atoms with Crippen LogP contribution in [0.3, 0.4) is 0 Å². The number of pyridine rings is 1. The summed E-state index contributed by atoms with van der Waals surface area (Å²) in [6.07, 6.45) is 12.6. The Morgan fingerprint density at radius 3 is 3.12 bits per heavy atom. The van der Waals surface area contributed by atoms with Crippen LogP contribution in [0.15, 0.2) is 40.0 Å². The minimum absolute atomic E-state index is 0.192. The molecule has 0 radical (unpaired) electrons. The van der Waals surface area contributed by atoms with Crippen molar-refractivity contribution < 1.29 is 13.9 Å². The van der Waals surface area contributed by atoms with Gasteiger partial charge < -0.3 is 14.6 Å². The fourth-order valence-corrected chi connectivity index (χ4v) is 3.50. The Bertz CT molecular complexity index is 956. The van der Waals surface area contributed by atoms with Crippen LogP contribution in [0.25, 0.3) is 10.9 Å². The number of hydrogen-bond donors (Lipinski definition) is 1. The van der Waals surface area contributed by atoms with E-state index in [9.17, 15) is 9.18 Å². The van der Waals surface area contributed by atoms with Gasteiger partial charge in [0.05, 0.1) is 30.4 Å². The Morgan fingerprint density at radius 2 is 2.42 bits per heavy atom. The fourth-order valence-electron chi connectivity index (χ4n) is 2.95. The molecule has 2 aromatic rings. The van der Waals surface area contributed by atoms with Gasteiger partial charge in [-0.2, -0.15) is 0 Å². The number of carbonyl (C=O) groups excluding carboxylic acids is 1. The van der Waals surface area contributed by atoms with Gasteiger partial charge >= 0.3 is 5.97 Å². The van der Waals surface area contributed by atoms with E-state index >= 15 is 0 Å². The fraction of sp³-hybridized carbons (Fsp3) is 0.263. The Kier molecular flexibility index (Phi) is 5.61. The molecule has 0 amide bonds. The van der Waals surface area contributed by atoms with Crippen LogP contribution in [-0.2, 0) is 11.3 Å². The van der Waals surface area contributed by atoms with E-state index in [0.29, 0.717) is 17.5 Å². The van der Waals surface area contributed by atoms with Crippen LogP contribution in [-0.4, -0.2) is 28.2 Å². The summed E-state index contributed by atoms with van der Waals surface area (Å²) >= 11 is 2.08. The Morgan fingerprint density at radius 1 is 1.62 bits per heavy atom. The number of nitrogens with one attached hydrogen (secondary N) is 1. The molecule has 134 valence electrons. The number of allylic oxidation sites excluding steroid dienone is 2. The molecule has 0 aliphatic heterocycles. The van der Waals surface area contributed by atoms with Gasteiger partial charge in [-0.1, -0.05) is 12.0 Å². The second-order valence-corrected chi connectivity index (χ2v) is 6.92. The van der Waals surface area contributed by atoms with Gasteiger partial charge in [0.15, 0.2) is 5.69 Å². The predicted octanol–water partition coefficient (Wildman–Crippen LogP) is 4.20. The summed E-state index contributed by atoms with van der Waals surface area (Å²) < 4.78 is 22.2. The lowest BCUT2D eigenvalue weighted by Gasteiger charge is -2.20. The highest BCUT2D eigenvalue weighted by atomic mass is 127. The number of terminal acetylenes is 1. The first-order valence-electron chi connectivity index (χ1n) is 8.12. The van der Waals surface area contributed by atoms with Crippen molar-refractivity contribution in [3.8, 4) is 12.3 Å². The topological polar surface area (TPSA) is 56.1 Å². The SMILES string of the molecule is C#CCn1c(C(=O)OCC)c(NC2CC=C(I)C=C2F)c2cnccc21. The number of ether oxygens (including phenoxy) is 1. The van der Waals surface area contributed by atoms with Crippen LogP contribution in [0, 0.1) is 12.3 Å². The first kappa shape index (κ1) is 18.5. The molecule has 1 aliphatic carbocycles. The van der Waals surface area contributed by atoms with Crippen LogP contribution in [0.1, 0.15) is 23.8 Å². The molecule has 0 spiro atoms. The molecule has 7 heteroatoms. The smallest absolute Gasteiger partial charge is 0.357 e. The van der Waals surface area contributed by atoms with E-state index in [0.717, 1.165) is 9.10 Å². The Labute approximate surface area is 164 Å². The van der Waals surface area contributed by atoms with Crippen LogP contribution < -0.4 is 5.32 Å². The number of aromatic nitrogens is 2. The zero-order valence-electron chi connectivity index (χ0n) is 14.1. The van der Waals surface area contributed by atoms with Gasteiger partial charge in [-0.15, -0.1) is 6.42 Å². The average molecular weight is 465 g/mol. The zero-order chi connectivity index (χ0) is 18.7. The molecule has 2 heterocycles. The quantitative estimate of drug-likeness (QED) is 0.409. The number of carbonyl (C=O) groups is 1. The monoisotopic (exact) mass is 465 g/mol. The van der Waals surface area contributed by atoms with E-state index in [-0.39, 0.29) is 24.7 Å². The molecule has 26 heavy (non-hydrogen) atoms. The van der Waals surface area contributed by atoms with Gasteiger partial charge in [0.2, 0.25) is 0 Å². The van der Waals surface area contributed by atoms with Crippen molar-refractivity contribution in [3.05, 3.63) is 45.7 Å². The summed E-state index contributed by atoms with van der Waals surface area (Å²) in [5.74, 6) is 1.76. The van der Waals surface area contributed by atoms with Crippen LogP contribution in [0.5, 0.6) is 0 Å². The highest BCUT2D eigenvalue weighted by molar-refractivity contribution is 14.1. The van der Waals surface area contributed by atoms with E-state index in [1.54, 1.807) is 30.0 Å². The van der Waals surface area contributed by atoms with E-state index in [2.05, 4.69) is 38.8 Å². The Balaban J connectivity index is 2.14. The summed E-state index contributed by atoms with van der Waals surface area (Å²) in [7, 11) is 0. The van der Waals surface area contributed by atoms with E-state index < -0.39 is 12.0 Å². The van der Waals surface area contributed by atoms with Gasteiger partial charge in [0, 0.05) is 21.4 Å². The van der Waals surface area contributed by atoms with E-state index in [4.69, 9.17) is 11.2 Å². The summed E-state index contributed by atoms with van der Waals surface area (Å²) in [6.45, 7) is 2.15. The second kappa shape index (κ2) is 7.91. The zero-order valence-corrected chi connectivity index (χ0v) is 16.3. The highest BCUT2D eigenvalue weighted by Gasteiger charge is 2.27. The average Bonchev–Trinajstić information content (AvgIpc) is 2.92. The summed E-state index contributed by atoms with van der Waals surface area (Å²) in [4.78, 5) is 16.8. The predicted molar refractivity (Wildman–Crippen MR) is 108 cm³/mol. The number of nitrogens with zero attached hydrogens (tertiary/aromatic N) is 2. The van der Waals surface area contributed by atoms with Gasteiger partial charge in [0.1, 0.15) is 5.83 Å². The molecule has 0 aromatic carbocycles. The molecular formula is C19H17FIN3O2. The van der Waals surface area contributed by atoms with Crippen LogP contribution in [0.4, 0.5) is 10.1 Å². The molecule has 0 saturated heterocycles. The maximum Gasteiger partial charge on any atom is 0.357 e. The molecule has 5 nitrogen and oxygen atoms in total. The minimum Gasteiger partial charge on any atom is -0.461 e. The standard InChI is InChI=1S/C19H17FIN3O2/c1-3-9-24-16-7-8-22-11-13(16)17(18(24)19(25)26-4-2)23-15-6-5-12(21)10-14(15)20/h1,5,7-8,10-11,15,23H,4,6,9H2,2H3. The van der Waals surface area contributed by atoms with Crippen molar-refractivity contribution in [1.82, 2.24) is 9.55 Å². The van der Waals surface area contributed by atoms with Gasteiger partial charge in [-0.05, 0) is 48.1 Å². The third-order valence-electron chi connectivity index (χ3n) is 4.06. The van der Waals surface area contributed by atoms with E-state index in [1.165, 1.54) is 6.08 Å². The van der Waals surface area contributed by atoms with Crippen molar-refractivity contribution in [2.24, 2.45) is 0 Å². The van der Waals surface area contributed by atoms with Crippen LogP contribution in [0.2, 0.25) is 0 Å². The first-order valence-corrected chi connectivity index (χ1v) is 9.20. The lowest BCUT2D eigenvalue weighted by molar-refractivity contribution is 0.0516. The molecule has 3 rings (SSSR count). The summed E-state index contributed by atoms with van der Waals surface area (Å²) in [5, 5.41) is 3.86. The molecule has 1 aliphatic rings. The number of anilines is 1. The molecule has 2 aromatic heterocycles. The van der Waals surface area contributed by atoms with Gasteiger partial charge in [-0.3, -0.25) is 4.98 Å². The molecule has 1 atom stereocenters.